The molecular weight excluding hydrogens is 518 g/mol. The summed E-state index contributed by atoms with van der Waals surface area (Å²) >= 11 is 0. The fourth-order valence-electron chi connectivity index (χ4n) is 7.42. The van der Waals surface area contributed by atoms with Gasteiger partial charge in [-0.05, 0) is 98.2 Å². The lowest BCUT2D eigenvalue weighted by Gasteiger charge is -2.18. The standard InChI is InChI=1S/C42H29N/c1-26-14-19-32(27(2)24-26)34-21-16-29-17-22-37-33(20-15-28-18-23-38(34)42(29)41(28)37)30-8-7-9-31(25-30)43-39-12-5-3-10-35(39)36-11-4-6-13-40(36)43/h3-25H,1-2H3. The van der Waals surface area contributed by atoms with Gasteiger partial charge in [-0.2, -0.15) is 0 Å². The van der Waals surface area contributed by atoms with Crippen LogP contribution in [0.2, 0.25) is 0 Å². The highest BCUT2D eigenvalue weighted by Crippen LogP contribution is 2.43. The van der Waals surface area contributed by atoms with E-state index in [4.69, 9.17) is 0 Å². The quantitative estimate of drug-likeness (QED) is 0.194. The molecular formula is C42H29N. The van der Waals surface area contributed by atoms with Crippen molar-refractivity contribution in [2.45, 2.75) is 13.8 Å². The lowest BCUT2D eigenvalue weighted by molar-refractivity contribution is 1.18. The maximum Gasteiger partial charge on any atom is 0.0541 e. The molecule has 0 saturated heterocycles. The van der Waals surface area contributed by atoms with Crippen LogP contribution in [0.1, 0.15) is 11.1 Å². The molecule has 1 heterocycles. The predicted octanol–water partition coefficient (Wildman–Crippen LogP) is 11.6. The number of aryl methyl sites for hydroxylation is 2. The van der Waals surface area contributed by atoms with Gasteiger partial charge in [0.05, 0.1) is 11.0 Å². The summed E-state index contributed by atoms with van der Waals surface area (Å²) in [6.45, 7) is 4.39. The summed E-state index contributed by atoms with van der Waals surface area (Å²) in [5.41, 5.74) is 11.4. The predicted molar refractivity (Wildman–Crippen MR) is 185 cm³/mol. The maximum absolute atomic E-state index is 2.40. The van der Waals surface area contributed by atoms with E-state index in [9.17, 15) is 0 Å². The van der Waals surface area contributed by atoms with Crippen molar-refractivity contribution < 1.29 is 0 Å². The Morgan fingerprint density at radius 3 is 1.67 bits per heavy atom. The molecule has 8 aromatic carbocycles. The highest BCUT2D eigenvalue weighted by Gasteiger charge is 2.17. The highest BCUT2D eigenvalue weighted by molar-refractivity contribution is 6.27. The SMILES string of the molecule is Cc1ccc(-c2ccc3ccc4c(-c5cccc(-n6c7ccccc7c7ccccc76)c5)ccc5ccc2c3c54)c(C)c1. The molecule has 0 amide bonds. The molecule has 0 fully saturated rings. The van der Waals surface area contributed by atoms with Gasteiger partial charge in [0.2, 0.25) is 0 Å². The van der Waals surface area contributed by atoms with E-state index < -0.39 is 0 Å². The first kappa shape index (κ1) is 24.2. The van der Waals surface area contributed by atoms with E-state index in [1.165, 1.54) is 93.2 Å². The summed E-state index contributed by atoms with van der Waals surface area (Å²) in [6, 6.07) is 51.7. The Kier molecular flexibility index (Phi) is 5.10. The van der Waals surface area contributed by atoms with Gasteiger partial charge < -0.3 is 4.57 Å². The van der Waals surface area contributed by atoms with Crippen LogP contribution in [0.5, 0.6) is 0 Å². The summed E-state index contributed by atoms with van der Waals surface area (Å²) in [5.74, 6) is 0. The first-order chi connectivity index (χ1) is 21.2. The third-order valence-electron chi connectivity index (χ3n) is 9.33. The van der Waals surface area contributed by atoms with Crippen molar-refractivity contribution in [2.24, 2.45) is 0 Å². The second kappa shape index (κ2) is 9.05. The van der Waals surface area contributed by atoms with Crippen LogP contribution in [0.15, 0.2) is 140 Å². The number of hydrogen-bond acceptors (Lipinski definition) is 0. The zero-order chi connectivity index (χ0) is 28.7. The zero-order valence-corrected chi connectivity index (χ0v) is 24.2. The van der Waals surface area contributed by atoms with Crippen molar-refractivity contribution in [3.05, 3.63) is 151 Å². The Balaban J connectivity index is 1.29. The molecule has 9 aromatic rings. The van der Waals surface area contributed by atoms with Gasteiger partial charge in [-0.15, -0.1) is 0 Å². The number of rotatable bonds is 3. The van der Waals surface area contributed by atoms with Gasteiger partial charge in [-0.25, -0.2) is 0 Å². The van der Waals surface area contributed by atoms with Gasteiger partial charge in [0.1, 0.15) is 0 Å². The maximum atomic E-state index is 2.40. The average Bonchev–Trinajstić information content (AvgIpc) is 3.38. The van der Waals surface area contributed by atoms with Crippen molar-refractivity contribution >= 4 is 54.1 Å². The minimum Gasteiger partial charge on any atom is -0.309 e. The number of fused-ring (bicyclic) bond motifs is 3. The molecule has 0 aliphatic rings. The number of hydrogen-bond donors (Lipinski definition) is 0. The van der Waals surface area contributed by atoms with E-state index in [1.54, 1.807) is 0 Å². The summed E-state index contributed by atoms with van der Waals surface area (Å²) in [4.78, 5) is 0. The van der Waals surface area contributed by atoms with Gasteiger partial charge in [0, 0.05) is 16.5 Å². The Labute approximate surface area is 250 Å². The summed E-state index contributed by atoms with van der Waals surface area (Å²) in [6.07, 6.45) is 0. The van der Waals surface area contributed by atoms with Gasteiger partial charge in [0.15, 0.2) is 0 Å². The molecule has 0 saturated carbocycles. The van der Waals surface area contributed by atoms with E-state index in [2.05, 4.69) is 158 Å². The van der Waals surface area contributed by atoms with E-state index in [-0.39, 0.29) is 0 Å². The van der Waals surface area contributed by atoms with Gasteiger partial charge in [0.25, 0.3) is 0 Å². The largest absolute Gasteiger partial charge is 0.309 e. The van der Waals surface area contributed by atoms with Gasteiger partial charge in [-0.3, -0.25) is 0 Å². The molecule has 0 N–H and O–H groups in total. The molecule has 0 aliphatic heterocycles. The molecule has 0 radical (unpaired) electrons. The monoisotopic (exact) mass is 547 g/mol. The van der Waals surface area contributed by atoms with Crippen LogP contribution in [0.3, 0.4) is 0 Å². The van der Waals surface area contributed by atoms with Crippen molar-refractivity contribution in [3.8, 4) is 27.9 Å². The Bertz CT molecular complexity index is 2470. The van der Waals surface area contributed by atoms with Crippen molar-refractivity contribution in [1.29, 1.82) is 0 Å². The molecule has 1 nitrogen and oxygen atoms in total. The lowest BCUT2D eigenvalue weighted by Crippen LogP contribution is -1.94. The number of nitrogens with zero attached hydrogens (tertiary/aromatic N) is 1. The Hall–Kier alpha value is -5.40. The molecule has 0 atom stereocenters. The first-order valence-corrected chi connectivity index (χ1v) is 15.0. The van der Waals surface area contributed by atoms with Crippen LogP contribution >= 0.6 is 0 Å². The topological polar surface area (TPSA) is 4.93 Å². The molecule has 0 spiro atoms. The molecule has 0 unspecified atom stereocenters. The second-order valence-corrected chi connectivity index (χ2v) is 11.9. The molecule has 43 heavy (non-hydrogen) atoms. The Morgan fingerprint density at radius 2 is 1.00 bits per heavy atom. The molecule has 0 aliphatic carbocycles. The van der Waals surface area contributed by atoms with Crippen LogP contribution in [0.25, 0.3) is 82.1 Å². The summed E-state index contributed by atoms with van der Waals surface area (Å²) in [7, 11) is 0. The third-order valence-corrected chi connectivity index (χ3v) is 9.33. The van der Waals surface area contributed by atoms with E-state index in [1.807, 2.05) is 0 Å². The van der Waals surface area contributed by atoms with Crippen LogP contribution in [-0.2, 0) is 0 Å². The lowest BCUT2D eigenvalue weighted by atomic mass is 9.86. The van der Waals surface area contributed by atoms with Gasteiger partial charge >= 0.3 is 0 Å². The molecule has 1 heteroatoms. The van der Waals surface area contributed by atoms with Crippen molar-refractivity contribution in [2.75, 3.05) is 0 Å². The van der Waals surface area contributed by atoms with Crippen molar-refractivity contribution in [3.63, 3.8) is 0 Å². The highest BCUT2D eigenvalue weighted by atomic mass is 15.0. The summed E-state index contributed by atoms with van der Waals surface area (Å²) < 4.78 is 2.40. The average molecular weight is 548 g/mol. The number of benzene rings is 8. The minimum atomic E-state index is 1.18. The van der Waals surface area contributed by atoms with Crippen LogP contribution in [0, 0.1) is 13.8 Å². The third kappa shape index (κ3) is 3.52. The zero-order valence-electron chi connectivity index (χ0n) is 24.2. The number of para-hydroxylation sites is 2. The fraction of sp³-hybridized carbons (Fsp3) is 0.0476. The Morgan fingerprint density at radius 1 is 0.419 bits per heavy atom. The van der Waals surface area contributed by atoms with Crippen molar-refractivity contribution in [1.82, 2.24) is 4.57 Å². The van der Waals surface area contributed by atoms with Crippen LogP contribution < -0.4 is 0 Å². The van der Waals surface area contributed by atoms with E-state index in [0.717, 1.165) is 0 Å². The fourth-order valence-corrected chi connectivity index (χ4v) is 7.42. The molecule has 0 bridgehead atoms. The normalized spacial score (nSPS) is 12.0. The van der Waals surface area contributed by atoms with E-state index >= 15 is 0 Å². The minimum absolute atomic E-state index is 1.18. The smallest absolute Gasteiger partial charge is 0.0541 e. The van der Waals surface area contributed by atoms with Gasteiger partial charge in [-0.1, -0.05) is 121 Å². The van der Waals surface area contributed by atoms with E-state index in [0.29, 0.717) is 0 Å². The molecule has 202 valence electrons. The summed E-state index contributed by atoms with van der Waals surface area (Å²) in [5, 5.41) is 10.5. The molecule has 9 rings (SSSR count). The van der Waals surface area contributed by atoms with Crippen LogP contribution in [-0.4, -0.2) is 4.57 Å². The first-order valence-electron chi connectivity index (χ1n) is 15.0. The molecule has 1 aromatic heterocycles. The van der Waals surface area contributed by atoms with Crippen LogP contribution in [0.4, 0.5) is 0 Å². The number of aromatic nitrogens is 1. The second-order valence-electron chi connectivity index (χ2n) is 11.9.